The van der Waals surface area contributed by atoms with Crippen molar-refractivity contribution in [1.82, 2.24) is 15.1 Å². The van der Waals surface area contributed by atoms with Crippen LogP contribution in [0.3, 0.4) is 0 Å². The Morgan fingerprint density at radius 2 is 2.00 bits per heavy atom. The average Bonchev–Trinajstić information content (AvgIpc) is 2.81. The Balaban J connectivity index is 2.07. The molecule has 1 fully saturated rings. The Hall–Kier alpha value is -2.74. The van der Waals surface area contributed by atoms with Crippen molar-refractivity contribution in [1.29, 1.82) is 0 Å². The molecular weight excluding hydrogens is 324 g/mol. The van der Waals surface area contributed by atoms with E-state index in [1.165, 1.54) is 11.8 Å². The number of carbonyl (C=O) groups excluding carboxylic acids is 4. The second-order valence-corrected chi connectivity index (χ2v) is 6.46. The minimum Gasteiger partial charge on any atom is -0.326 e. The Labute approximate surface area is 145 Å². The summed E-state index contributed by atoms with van der Waals surface area (Å²) >= 11 is 0. The van der Waals surface area contributed by atoms with Gasteiger partial charge in [-0.05, 0) is 32.6 Å². The predicted molar refractivity (Wildman–Crippen MR) is 89.5 cm³/mol. The number of rotatable bonds is 3. The van der Waals surface area contributed by atoms with Gasteiger partial charge in [-0.15, -0.1) is 0 Å². The van der Waals surface area contributed by atoms with Gasteiger partial charge in [-0.25, -0.2) is 0 Å². The summed E-state index contributed by atoms with van der Waals surface area (Å²) in [5.41, 5.74) is 1.67. The largest absolute Gasteiger partial charge is 0.326 e. The quantitative estimate of drug-likeness (QED) is 0.777. The molecule has 0 aromatic heterocycles. The topological polar surface area (TPSA) is 98.8 Å². The fraction of sp³-hybridized carbons (Fsp3) is 0.412. The first kappa shape index (κ1) is 17.1. The molecule has 3 rings (SSSR count). The van der Waals surface area contributed by atoms with E-state index in [4.69, 9.17) is 0 Å². The molecule has 1 aromatic rings. The van der Waals surface area contributed by atoms with E-state index in [-0.39, 0.29) is 30.6 Å². The van der Waals surface area contributed by atoms with E-state index in [0.717, 1.165) is 0 Å². The molecule has 0 aliphatic carbocycles. The number of carbonyl (C=O) groups is 4. The molecular formula is C17H20N4O4. The first-order valence-corrected chi connectivity index (χ1v) is 8.04. The molecule has 2 heterocycles. The van der Waals surface area contributed by atoms with Crippen molar-refractivity contribution in [2.75, 3.05) is 19.4 Å². The molecule has 2 atom stereocenters. The Kier molecular flexibility index (Phi) is 4.30. The first-order valence-electron chi connectivity index (χ1n) is 8.04. The number of piperidine rings is 1. The van der Waals surface area contributed by atoms with Gasteiger partial charge in [0.1, 0.15) is 12.2 Å². The van der Waals surface area contributed by atoms with Crippen LogP contribution in [0, 0.1) is 0 Å². The maximum absolute atomic E-state index is 13.0. The van der Waals surface area contributed by atoms with E-state index in [1.807, 2.05) is 4.90 Å². The van der Waals surface area contributed by atoms with Gasteiger partial charge in [0.25, 0.3) is 5.91 Å². The molecule has 0 saturated carbocycles. The summed E-state index contributed by atoms with van der Waals surface area (Å²) in [5, 5.41) is 5.05. The summed E-state index contributed by atoms with van der Waals surface area (Å²) in [6, 6.07) is 4.39. The zero-order chi connectivity index (χ0) is 18.3. The van der Waals surface area contributed by atoms with E-state index in [0.29, 0.717) is 16.8 Å². The number of hydrogen-bond donors (Lipinski definition) is 2. The molecule has 2 unspecified atom stereocenters. The SMILES string of the molecule is CC(=O)Nc1cccc2c1C(N(C)C)N(C1CCC(=O)NC1=O)C2=O. The van der Waals surface area contributed by atoms with Gasteiger partial charge in [0.2, 0.25) is 17.7 Å². The predicted octanol–water partition coefficient (Wildman–Crippen LogP) is 0.466. The van der Waals surface area contributed by atoms with Crippen molar-refractivity contribution < 1.29 is 19.2 Å². The number of nitrogens with one attached hydrogen (secondary N) is 2. The van der Waals surface area contributed by atoms with Crippen LogP contribution in [-0.4, -0.2) is 53.6 Å². The highest BCUT2D eigenvalue weighted by Gasteiger charge is 2.46. The van der Waals surface area contributed by atoms with Gasteiger partial charge in [-0.1, -0.05) is 6.07 Å². The summed E-state index contributed by atoms with van der Waals surface area (Å²) in [5.74, 6) is -1.32. The maximum atomic E-state index is 13.0. The molecule has 1 aromatic carbocycles. The van der Waals surface area contributed by atoms with E-state index < -0.39 is 18.1 Å². The maximum Gasteiger partial charge on any atom is 0.256 e. The summed E-state index contributed by atoms with van der Waals surface area (Å²) in [6.45, 7) is 1.40. The highest BCUT2D eigenvalue weighted by molar-refractivity contribution is 6.07. The number of nitrogens with zero attached hydrogens (tertiary/aromatic N) is 2. The van der Waals surface area contributed by atoms with Gasteiger partial charge in [-0.2, -0.15) is 0 Å². The average molecular weight is 344 g/mol. The van der Waals surface area contributed by atoms with Crippen molar-refractivity contribution >= 4 is 29.3 Å². The van der Waals surface area contributed by atoms with Gasteiger partial charge in [-0.3, -0.25) is 29.4 Å². The molecule has 8 nitrogen and oxygen atoms in total. The third-order valence-corrected chi connectivity index (χ3v) is 4.44. The lowest BCUT2D eigenvalue weighted by Crippen LogP contribution is -2.55. The van der Waals surface area contributed by atoms with E-state index in [1.54, 1.807) is 32.3 Å². The third kappa shape index (κ3) is 2.89. The minimum absolute atomic E-state index is 0.190. The Bertz CT molecular complexity index is 774. The van der Waals surface area contributed by atoms with Crippen LogP contribution in [0.2, 0.25) is 0 Å². The van der Waals surface area contributed by atoms with Crippen LogP contribution in [0.25, 0.3) is 0 Å². The molecule has 132 valence electrons. The summed E-state index contributed by atoms with van der Waals surface area (Å²) in [6.07, 6.45) is -0.0334. The number of anilines is 1. The molecule has 2 aliphatic heterocycles. The summed E-state index contributed by atoms with van der Waals surface area (Å²) in [7, 11) is 3.60. The van der Waals surface area contributed by atoms with Crippen LogP contribution in [0.15, 0.2) is 18.2 Å². The molecule has 25 heavy (non-hydrogen) atoms. The normalized spacial score (nSPS) is 22.9. The lowest BCUT2D eigenvalue weighted by molar-refractivity contribution is -0.138. The monoisotopic (exact) mass is 344 g/mol. The van der Waals surface area contributed by atoms with Crippen LogP contribution >= 0.6 is 0 Å². The zero-order valence-electron chi connectivity index (χ0n) is 14.3. The lowest BCUT2D eigenvalue weighted by atomic mass is 10.0. The van der Waals surface area contributed by atoms with E-state index >= 15 is 0 Å². The molecule has 8 heteroatoms. The minimum atomic E-state index is -0.727. The van der Waals surface area contributed by atoms with E-state index in [9.17, 15) is 19.2 Å². The molecule has 0 radical (unpaired) electrons. The molecule has 2 N–H and O–H groups in total. The van der Waals surface area contributed by atoms with Crippen molar-refractivity contribution in [3.05, 3.63) is 29.3 Å². The van der Waals surface area contributed by atoms with Gasteiger partial charge in [0, 0.05) is 30.2 Å². The zero-order valence-corrected chi connectivity index (χ0v) is 14.3. The van der Waals surface area contributed by atoms with Crippen molar-refractivity contribution in [2.45, 2.75) is 32.0 Å². The number of amides is 4. The van der Waals surface area contributed by atoms with Crippen molar-refractivity contribution in [3.8, 4) is 0 Å². The van der Waals surface area contributed by atoms with Gasteiger partial charge in [0.15, 0.2) is 0 Å². The number of imide groups is 1. The highest BCUT2D eigenvalue weighted by atomic mass is 16.2. The van der Waals surface area contributed by atoms with Gasteiger partial charge >= 0.3 is 0 Å². The number of benzene rings is 1. The Morgan fingerprint density at radius 3 is 2.60 bits per heavy atom. The molecule has 4 amide bonds. The molecule has 0 bridgehead atoms. The number of fused-ring (bicyclic) bond motifs is 1. The molecule has 2 aliphatic rings. The number of hydrogen-bond acceptors (Lipinski definition) is 5. The summed E-state index contributed by atoms with van der Waals surface area (Å²) < 4.78 is 0. The fourth-order valence-corrected chi connectivity index (χ4v) is 3.48. The van der Waals surface area contributed by atoms with Crippen LogP contribution in [0.4, 0.5) is 5.69 Å². The second kappa shape index (κ2) is 6.29. The Morgan fingerprint density at radius 1 is 1.28 bits per heavy atom. The van der Waals surface area contributed by atoms with Gasteiger partial charge < -0.3 is 10.2 Å². The van der Waals surface area contributed by atoms with Gasteiger partial charge in [0.05, 0.1) is 0 Å². The van der Waals surface area contributed by atoms with Crippen LogP contribution in [0.5, 0.6) is 0 Å². The smallest absolute Gasteiger partial charge is 0.256 e. The molecule has 1 saturated heterocycles. The van der Waals surface area contributed by atoms with Crippen LogP contribution in [0.1, 0.15) is 41.9 Å². The van der Waals surface area contributed by atoms with Crippen LogP contribution < -0.4 is 10.6 Å². The van der Waals surface area contributed by atoms with E-state index in [2.05, 4.69) is 10.6 Å². The standard InChI is InChI=1S/C17H20N4O4/c1-9(22)18-11-6-4-5-10-14(11)16(20(2)3)21(17(10)25)12-7-8-13(23)19-15(12)24/h4-6,12,16H,7-8H2,1-3H3,(H,18,22)(H,19,23,24). The first-order chi connectivity index (χ1) is 11.8. The van der Waals surface area contributed by atoms with Crippen molar-refractivity contribution in [2.24, 2.45) is 0 Å². The third-order valence-electron chi connectivity index (χ3n) is 4.44. The molecule has 0 spiro atoms. The lowest BCUT2D eigenvalue weighted by Gasteiger charge is -2.37. The highest BCUT2D eigenvalue weighted by Crippen LogP contribution is 2.41. The summed E-state index contributed by atoms with van der Waals surface area (Å²) in [4.78, 5) is 51.6. The second-order valence-electron chi connectivity index (χ2n) is 6.46. The fourth-order valence-electron chi connectivity index (χ4n) is 3.48. The van der Waals surface area contributed by atoms with Crippen molar-refractivity contribution in [3.63, 3.8) is 0 Å². The van der Waals surface area contributed by atoms with Crippen LogP contribution in [-0.2, 0) is 14.4 Å².